The molecule has 2 heterocycles. The van der Waals surface area contributed by atoms with E-state index in [0.29, 0.717) is 53.2 Å². The topological polar surface area (TPSA) is 124 Å². The van der Waals surface area contributed by atoms with Crippen LogP contribution in [0, 0.1) is 12.8 Å². The number of aryl methyl sites for hydroxylation is 1. The first-order valence-corrected chi connectivity index (χ1v) is 13.8. The lowest BCUT2D eigenvalue weighted by Gasteiger charge is -2.24. The Morgan fingerprint density at radius 2 is 1.78 bits per heavy atom. The second-order valence-electron chi connectivity index (χ2n) is 9.64. The van der Waals surface area contributed by atoms with Crippen LogP contribution in [0.1, 0.15) is 53.3 Å². The van der Waals surface area contributed by atoms with Crippen LogP contribution in [0.25, 0.3) is 5.76 Å². The van der Waals surface area contributed by atoms with Gasteiger partial charge in [0.15, 0.2) is 16.6 Å². The smallest absolute Gasteiger partial charge is 0.350 e. The van der Waals surface area contributed by atoms with Crippen molar-refractivity contribution in [2.24, 2.45) is 5.92 Å². The maximum atomic E-state index is 13.5. The number of esters is 1. The van der Waals surface area contributed by atoms with Gasteiger partial charge in [-0.15, -0.1) is 0 Å². The Bertz CT molecular complexity index is 1490. The van der Waals surface area contributed by atoms with Gasteiger partial charge in [0.05, 0.1) is 44.7 Å². The summed E-state index contributed by atoms with van der Waals surface area (Å²) in [7, 11) is 2.73. The Hall–Kier alpha value is -4.38. The van der Waals surface area contributed by atoms with E-state index in [-0.39, 0.29) is 21.3 Å². The summed E-state index contributed by atoms with van der Waals surface area (Å²) in [5.74, 6) is -0.962. The van der Waals surface area contributed by atoms with Gasteiger partial charge in [-0.1, -0.05) is 31.3 Å². The number of aromatic nitrogens is 1. The van der Waals surface area contributed by atoms with E-state index in [0.717, 1.165) is 11.3 Å². The lowest BCUT2D eigenvalue weighted by Crippen LogP contribution is -2.29. The number of hydrogen-bond donors (Lipinski definition) is 1. The summed E-state index contributed by atoms with van der Waals surface area (Å²) in [6, 6.07) is 10.6. The highest BCUT2D eigenvalue weighted by molar-refractivity contribution is 7.17. The number of benzene rings is 2. The zero-order chi connectivity index (χ0) is 29.8. The first-order chi connectivity index (χ1) is 19.6. The van der Waals surface area contributed by atoms with E-state index in [1.165, 1.54) is 19.1 Å². The van der Waals surface area contributed by atoms with Crippen molar-refractivity contribution >= 4 is 39.9 Å². The fraction of sp³-hybridized carbons (Fsp3) is 0.333. The molecule has 1 fully saturated rings. The molecule has 0 saturated carbocycles. The summed E-state index contributed by atoms with van der Waals surface area (Å²) in [6.07, 6.45) is 0. The van der Waals surface area contributed by atoms with Crippen LogP contribution in [-0.2, 0) is 14.3 Å². The van der Waals surface area contributed by atoms with Crippen LogP contribution in [0.3, 0.4) is 0 Å². The van der Waals surface area contributed by atoms with E-state index in [2.05, 4.69) is 4.98 Å². The van der Waals surface area contributed by atoms with Gasteiger partial charge in [-0.2, -0.15) is 0 Å². The molecule has 0 radical (unpaired) electrons. The molecule has 3 aromatic rings. The Labute approximate surface area is 242 Å². The zero-order valence-electron chi connectivity index (χ0n) is 23.7. The number of hydrogen-bond acceptors (Lipinski definition) is 10. The lowest BCUT2D eigenvalue weighted by atomic mass is 9.95. The quantitative estimate of drug-likeness (QED) is 0.147. The fourth-order valence-electron chi connectivity index (χ4n) is 4.37. The van der Waals surface area contributed by atoms with Crippen molar-refractivity contribution in [2.75, 3.05) is 32.3 Å². The first kappa shape index (κ1) is 29.6. The summed E-state index contributed by atoms with van der Waals surface area (Å²) in [4.78, 5) is 45.2. The van der Waals surface area contributed by atoms with Crippen molar-refractivity contribution in [3.8, 4) is 17.2 Å². The second kappa shape index (κ2) is 12.4. The maximum absolute atomic E-state index is 13.5. The summed E-state index contributed by atoms with van der Waals surface area (Å²) < 4.78 is 21.7. The van der Waals surface area contributed by atoms with Gasteiger partial charge in [-0.05, 0) is 61.7 Å². The minimum atomic E-state index is -1.08. The third-order valence-electron chi connectivity index (χ3n) is 6.32. The number of methoxy groups -OCH3 is 2. The highest BCUT2D eigenvalue weighted by Gasteiger charge is 2.48. The number of rotatable bonds is 10. The van der Waals surface area contributed by atoms with Gasteiger partial charge in [-0.3, -0.25) is 14.5 Å². The molecule has 0 bridgehead atoms. The predicted octanol–water partition coefficient (Wildman–Crippen LogP) is 5.31. The van der Waals surface area contributed by atoms with Gasteiger partial charge in [0.2, 0.25) is 0 Å². The lowest BCUT2D eigenvalue weighted by molar-refractivity contribution is -0.132. The van der Waals surface area contributed by atoms with Gasteiger partial charge < -0.3 is 24.1 Å². The van der Waals surface area contributed by atoms with Gasteiger partial charge >= 0.3 is 11.9 Å². The minimum Gasteiger partial charge on any atom is -0.507 e. The van der Waals surface area contributed by atoms with Crippen molar-refractivity contribution in [3.63, 3.8) is 0 Å². The highest BCUT2D eigenvalue weighted by Crippen LogP contribution is 2.45. The zero-order valence-corrected chi connectivity index (χ0v) is 24.5. The number of aliphatic hydroxyl groups excluding tert-OH is 1. The SMILES string of the molecule is CCOc1ccc(C2/C(=C(\O)c3ccc(OCC(C)C)cc3)C(=O)C(=O)N2c2nc(C)c(C(=O)OC)s2)cc1OC. The molecule has 0 aliphatic carbocycles. The number of ether oxygens (including phenoxy) is 4. The normalized spacial score (nSPS) is 16.3. The number of thiazole rings is 1. The number of carbonyl (C=O) groups is 3. The Morgan fingerprint density at radius 1 is 1.07 bits per heavy atom. The monoisotopic (exact) mass is 580 g/mol. The van der Waals surface area contributed by atoms with Crippen LogP contribution in [0.15, 0.2) is 48.0 Å². The molecule has 11 heteroatoms. The first-order valence-electron chi connectivity index (χ1n) is 13.0. The summed E-state index contributed by atoms with van der Waals surface area (Å²) in [5.41, 5.74) is 1.01. The van der Waals surface area contributed by atoms with Gasteiger partial charge in [-0.25, -0.2) is 9.78 Å². The molecule has 10 nitrogen and oxygen atoms in total. The fourth-order valence-corrected chi connectivity index (χ4v) is 5.38. The molecule has 1 aliphatic heterocycles. The summed E-state index contributed by atoms with van der Waals surface area (Å²) in [5, 5.41) is 11.6. The number of anilines is 1. The third kappa shape index (κ3) is 5.90. The molecule has 41 heavy (non-hydrogen) atoms. The standard InChI is InChI=1S/C30H32N2O8S/c1-7-39-21-13-10-19(14-22(21)37-5)24-23(25(33)18-8-11-20(12-9-18)40-15-16(2)3)26(34)28(35)32(24)30-31-17(4)27(41-30)29(36)38-6/h8-14,16,24,33H,7,15H2,1-6H3/b25-23+. The van der Waals surface area contributed by atoms with Crippen molar-refractivity contribution in [1.82, 2.24) is 4.98 Å². The number of carbonyl (C=O) groups excluding carboxylic acids is 3. The molecule has 4 rings (SSSR count). The molecule has 1 atom stereocenters. The van der Waals surface area contributed by atoms with Crippen LogP contribution in [0.4, 0.5) is 5.13 Å². The summed E-state index contributed by atoms with van der Waals surface area (Å²) in [6.45, 7) is 8.45. The largest absolute Gasteiger partial charge is 0.507 e. The highest BCUT2D eigenvalue weighted by atomic mass is 32.1. The molecule has 216 valence electrons. The number of aliphatic hydroxyl groups is 1. The molecule has 1 aliphatic rings. The van der Waals surface area contributed by atoms with Crippen molar-refractivity contribution in [1.29, 1.82) is 0 Å². The van der Waals surface area contributed by atoms with Crippen molar-refractivity contribution in [2.45, 2.75) is 33.7 Å². The number of nitrogens with zero attached hydrogens (tertiary/aromatic N) is 2. The van der Waals surface area contributed by atoms with E-state index >= 15 is 0 Å². The van der Waals surface area contributed by atoms with Gasteiger partial charge in [0.1, 0.15) is 16.4 Å². The van der Waals surface area contributed by atoms with E-state index in [1.807, 2.05) is 20.8 Å². The van der Waals surface area contributed by atoms with Crippen LogP contribution in [-0.4, -0.2) is 55.2 Å². The Kier molecular flexibility index (Phi) is 8.97. The van der Waals surface area contributed by atoms with E-state index in [9.17, 15) is 19.5 Å². The number of amides is 1. The molecular weight excluding hydrogens is 548 g/mol. The molecule has 0 spiro atoms. The number of Topliss-reactive ketones (excluding diaryl/α,β-unsaturated/α-hetero) is 1. The average Bonchev–Trinajstić information content (AvgIpc) is 3.47. The van der Waals surface area contributed by atoms with Crippen LogP contribution in [0.5, 0.6) is 17.2 Å². The average molecular weight is 581 g/mol. The third-order valence-corrected chi connectivity index (χ3v) is 7.46. The molecule has 2 aromatic carbocycles. The predicted molar refractivity (Wildman–Crippen MR) is 154 cm³/mol. The maximum Gasteiger partial charge on any atom is 0.350 e. The number of ketones is 1. The molecular formula is C30H32N2O8S. The van der Waals surface area contributed by atoms with Gasteiger partial charge in [0.25, 0.3) is 5.78 Å². The molecule has 1 N–H and O–H groups in total. The van der Waals surface area contributed by atoms with E-state index < -0.39 is 23.7 Å². The Balaban J connectivity index is 1.88. The van der Waals surface area contributed by atoms with Crippen molar-refractivity contribution < 1.29 is 38.4 Å². The Morgan fingerprint density at radius 3 is 2.39 bits per heavy atom. The molecule has 1 unspecified atom stereocenters. The molecule has 1 amide bonds. The molecule has 1 aromatic heterocycles. The second-order valence-corrected chi connectivity index (χ2v) is 10.6. The van der Waals surface area contributed by atoms with Crippen LogP contribution < -0.4 is 19.1 Å². The van der Waals surface area contributed by atoms with Crippen molar-refractivity contribution in [3.05, 3.63) is 69.7 Å². The van der Waals surface area contributed by atoms with E-state index in [4.69, 9.17) is 18.9 Å². The van der Waals surface area contributed by atoms with Gasteiger partial charge in [0, 0.05) is 5.56 Å². The van der Waals surface area contributed by atoms with Crippen LogP contribution >= 0.6 is 11.3 Å². The molecule has 1 saturated heterocycles. The minimum absolute atomic E-state index is 0.110. The van der Waals surface area contributed by atoms with Crippen LogP contribution in [0.2, 0.25) is 0 Å². The van der Waals surface area contributed by atoms with E-state index in [1.54, 1.807) is 49.4 Å². The summed E-state index contributed by atoms with van der Waals surface area (Å²) >= 11 is 0.925.